The molecule has 0 radical (unpaired) electrons. The SMILES string of the molecule is N=C(N)c1ccc(N2CC(O)C(O)C2)c(F)c1. The predicted molar refractivity (Wildman–Crippen MR) is 61.6 cm³/mol. The van der Waals surface area contributed by atoms with Crippen LogP contribution in [0.25, 0.3) is 0 Å². The molecular formula is C11H14FN3O2. The molecule has 1 saturated heterocycles. The van der Waals surface area contributed by atoms with Gasteiger partial charge in [-0.05, 0) is 18.2 Å². The average molecular weight is 239 g/mol. The Balaban J connectivity index is 2.26. The van der Waals surface area contributed by atoms with Crippen LogP contribution in [-0.2, 0) is 0 Å². The number of hydrogen-bond acceptors (Lipinski definition) is 4. The highest BCUT2D eigenvalue weighted by Gasteiger charge is 2.30. The number of nitrogens with two attached hydrogens (primary N) is 1. The van der Waals surface area contributed by atoms with Crippen LogP contribution >= 0.6 is 0 Å². The lowest BCUT2D eigenvalue weighted by Gasteiger charge is -2.18. The lowest BCUT2D eigenvalue weighted by Crippen LogP contribution is -2.22. The Labute approximate surface area is 97.8 Å². The lowest BCUT2D eigenvalue weighted by molar-refractivity contribution is 0.0572. The maximum Gasteiger partial charge on any atom is 0.147 e. The van der Waals surface area contributed by atoms with E-state index >= 15 is 0 Å². The van der Waals surface area contributed by atoms with Gasteiger partial charge in [-0.25, -0.2) is 4.39 Å². The number of β-amino-alcohol motifs (C(OH)–C–C–N with tert-alkyl or cyclic N) is 2. The first-order valence-electron chi connectivity index (χ1n) is 5.24. The number of anilines is 1. The number of amidine groups is 1. The average Bonchev–Trinajstić information content (AvgIpc) is 2.58. The fraction of sp³-hybridized carbons (Fsp3) is 0.364. The van der Waals surface area contributed by atoms with Gasteiger partial charge in [0, 0.05) is 18.7 Å². The molecule has 1 aromatic carbocycles. The van der Waals surface area contributed by atoms with Crippen LogP contribution in [0.4, 0.5) is 10.1 Å². The molecule has 5 nitrogen and oxygen atoms in total. The van der Waals surface area contributed by atoms with Gasteiger partial charge in [-0.3, -0.25) is 5.41 Å². The molecule has 1 aromatic rings. The highest BCUT2D eigenvalue weighted by Crippen LogP contribution is 2.24. The van der Waals surface area contributed by atoms with Crippen LogP contribution in [-0.4, -0.2) is 41.3 Å². The van der Waals surface area contributed by atoms with Crippen LogP contribution in [0, 0.1) is 11.2 Å². The summed E-state index contributed by atoms with van der Waals surface area (Å²) in [6.07, 6.45) is -1.72. The molecule has 0 spiro atoms. The number of hydrogen-bond donors (Lipinski definition) is 4. The molecule has 2 unspecified atom stereocenters. The molecule has 2 atom stereocenters. The van der Waals surface area contributed by atoms with E-state index in [-0.39, 0.29) is 18.9 Å². The highest BCUT2D eigenvalue weighted by molar-refractivity contribution is 5.95. The number of aliphatic hydroxyl groups is 2. The summed E-state index contributed by atoms with van der Waals surface area (Å²) < 4.78 is 13.8. The zero-order valence-corrected chi connectivity index (χ0v) is 9.10. The van der Waals surface area contributed by atoms with Gasteiger partial charge in [-0.2, -0.15) is 0 Å². The Kier molecular flexibility index (Phi) is 2.99. The fourth-order valence-electron chi connectivity index (χ4n) is 1.90. The van der Waals surface area contributed by atoms with E-state index in [2.05, 4.69) is 0 Å². The number of benzene rings is 1. The molecule has 0 aliphatic carbocycles. The van der Waals surface area contributed by atoms with Crippen molar-refractivity contribution in [2.24, 2.45) is 5.73 Å². The smallest absolute Gasteiger partial charge is 0.147 e. The summed E-state index contributed by atoms with van der Waals surface area (Å²) in [5.74, 6) is -0.712. The molecule has 1 fully saturated rings. The zero-order valence-electron chi connectivity index (χ0n) is 9.10. The number of rotatable bonds is 2. The predicted octanol–water partition coefficient (Wildman–Crippen LogP) is -0.348. The highest BCUT2D eigenvalue weighted by atomic mass is 19.1. The van der Waals surface area contributed by atoms with Gasteiger partial charge in [0.2, 0.25) is 0 Å². The van der Waals surface area contributed by atoms with Crippen LogP contribution in [0.1, 0.15) is 5.56 Å². The summed E-state index contributed by atoms with van der Waals surface area (Å²) in [6.45, 7) is 0.384. The van der Waals surface area contributed by atoms with E-state index in [4.69, 9.17) is 11.1 Å². The molecule has 1 aliphatic heterocycles. The Morgan fingerprint density at radius 1 is 1.35 bits per heavy atom. The monoisotopic (exact) mass is 239 g/mol. The van der Waals surface area contributed by atoms with E-state index in [0.717, 1.165) is 0 Å². The molecule has 0 aromatic heterocycles. The van der Waals surface area contributed by atoms with Crippen molar-refractivity contribution in [1.82, 2.24) is 0 Å². The molecule has 0 bridgehead atoms. The maximum absolute atomic E-state index is 13.8. The summed E-state index contributed by atoms with van der Waals surface area (Å²) in [7, 11) is 0. The van der Waals surface area contributed by atoms with Gasteiger partial charge in [-0.1, -0.05) is 0 Å². The standard InChI is InChI=1S/C11H14FN3O2/c12-7-3-6(11(13)14)1-2-8(7)15-4-9(16)10(17)5-15/h1-3,9-10,16-17H,4-5H2,(H3,13,14). The number of nitrogens with one attached hydrogen (secondary N) is 1. The van der Waals surface area contributed by atoms with Gasteiger partial charge >= 0.3 is 0 Å². The lowest BCUT2D eigenvalue weighted by atomic mass is 10.1. The second-order valence-electron chi connectivity index (χ2n) is 4.12. The summed E-state index contributed by atoms with van der Waals surface area (Å²) in [5, 5.41) is 26.0. The topological polar surface area (TPSA) is 93.6 Å². The van der Waals surface area contributed by atoms with Crippen LogP contribution in [0.15, 0.2) is 18.2 Å². The normalized spacial score (nSPS) is 24.1. The second kappa shape index (κ2) is 4.31. The first-order valence-corrected chi connectivity index (χ1v) is 5.24. The van der Waals surface area contributed by atoms with Crippen molar-refractivity contribution in [3.8, 4) is 0 Å². The fourth-order valence-corrected chi connectivity index (χ4v) is 1.90. The first kappa shape index (κ1) is 11.8. The molecule has 17 heavy (non-hydrogen) atoms. The largest absolute Gasteiger partial charge is 0.389 e. The number of nitrogen functional groups attached to an aromatic ring is 1. The van der Waals surface area contributed by atoms with E-state index in [1.54, 1.807) is 4.90 Å². The third kappa shape index (κ3) is 2.22. The maximum atomic E-state index is 13.8. The summed E-state index contributed by atoms with van der Waals surface area (Å²) in [4.78, 5) is 1.56. The third-order valence-corrected chi connectivity index (χ3v) is 2.86. The first-order chi connectivity index (χ1) is 7.99. The van der Waals surface area contributed by atoms with Gasteiger partial charge in [0.15, 0.2) is 0 Å². The Bertz CT molecular complexity index is 442. The Morgan fingerprint density at radius 3 is 2.41 bits per heavy atom. The van der Waals surface area contributed by atoms with E-state index in [1.807, 2.05) is 0 Å². The zero-order chi connectivity index (χ0) is 12.6. The molecule has 5 N–H and O–H groups in total. The molecule has 1 heterocycles. The summed E-state index contributed by atoms with van der Waals surface area (Å²) in [5.41, 5.74) is 5.86. The van der Waals surface area contributed by atoms with Gasteiger partial charge in [0.1, 0.15) is 11.7 Å². The van der Waals surface area contributed by atoms with E-state index in [0.29, 0.717) is 11.3 Å². The van der Waals surface area contributed by atoms with Crippen molar-refractivity contribution < 1.29 is 14.6 Å². The molecule has 1 aliphatic rings. The van der Waals surface area contributed by atoms with Crippen molar-refractivity contribution in [2.45, 2.75) is 12.2 Å². The Morgan fingerprint density at radius 2 is 1.94 bits per heavy atom. The van der Waals surface area contributed by atoms with Gasteiger partial charge in [0.05, 0.1) is 17.9 Å². The van der Waals surface area contributed by atoms with E-state index in [9.17, 15) is 14.6 Å². The molecule has 92 valence electrons. The van der Waals surface area contributed by atoms with Gasteiger partial charge in [0.25, 0.3) is 0 Å². The second-order valence-corrected chi connectivity index (χ2v) is 4.12. The van der Waals surface area contributed by atoms with Crippen molar-refractivity contribution in [2.75, 3.05) is 18.0 Å². The third-order valence-electron chi connectivity index (χ3n) is 2.86. The van der Waals surface area contributed by atoms with Crippen molar-refractivity contribution >= 4 is 11.5 Å². The number of aliphatic hydroxyl groups excluding tert-OH is 2. The molecule has 0 saturated carbocycles. The molecule has 6 heteroatoms. The van der Waals surface area contributed by atoms with Crippen LogP contribution < -0.4 is 10.6 Å². The van der Waals surface area contributed by atoms with E-state index in [1.165, 1.54) is 18.2 Å². The van der Waals surface area contributed by atoms with Crippen LogP contribution in [0.3, 0.4) is 0 Å². The quantitative estimate of drug-likeness (QED) is 0.419. The van der Waals surface area contributed by atoms with Crippen LogP contribution in [0.2, 0.25) is 0 Å². The molecular weight excluding hydrogens is 225 g/mol. The molecule has 0 amide bonds. The van der Waals surface area contributed by atoms with Gasteiger partial charge in [-0.15, -0.1) is 0 Å². The van der Waals surface area contributed by atoms with Crippen molar-refractivity contribution in [3.63, 3.8) is 0 Å². The number of halogens is 1. The van der Waals surface area contributed by atoms with Crippen molar-refractivity contribution in [3.05, 3.63) is 29.6 Å². The van der Waals surface area contributed by atoms with Crippen LogP contribution in [0.5, 0.6) is 0 Å². The Hall–Kier alpha value is -1.66. The number of nitrogens with zero attached hydrogens (tertiary/aromatic N) is 1. The summed E-state index contributed by atoms with van der Waals surface area (Å²) >= 11 is 0. The minimum atomic E-state index is -0.859. The molecule has 2 rings (SSSR count). The minimum Gasteiger partial charge on any atom is -0.389 e. The van der Waals surface area contributed by atoms with E-state index < -0.39 is 18.0 Å². The van der Waals surface area contributed by atoms with Crippen molar-refractivity contribution in [1.29, 1.82) is 5.41 Å². The summed E-state index contributed by atoms with van der Waals surface area (Å²) in [6, 6.07) is 4.21. The van der Waals surface area contributed by atoms with Gasteiger partial charge < -0.3 is 20.8 Å². The minimum absolute atomic E-state index is 0.192.